The molecule has 2 atom stereocenters. The van der Waals surface area contributed by atoms with Gasteiger partial charge in [0, 0.05) is 32.9 Å². The highest BCUT2D eigenvalue weighted by Gasteiger charge is 2.37. The van der Waals surface area contributed by atoms with Gasteiger partial charge in [-0.15, -0.1) is 0 Å². The van der Waals surface area contributed by atoms with Crippen LogP contribution in [-0.4, -0.2) is 62.9 Å². The van der Waals surface area contributed by atoms with Gasteiger partial charge in [-0.05, 0) is 31.7 Å². The van der Waals surface area contributed by atoms with Crippen molar-refractivity contribution < 1.29 is 14.3 Å². The van der Waals surface area contributed by atoms with Gasteiger partial charge >= 0.3 is 0 Å². The van der Waals surface area contributed by atoms with E-state index in [1.54, 1.807) is 41.9 Å². The Kier molecular flexibility index (Phi) is 4.87. The lowest BCUT2D eigenvalue weighted by Gasteiger charge is -2.26. The minimum absolute atomic E-state index is 0.109. The van der Waals surface area contributed by atoms with Crippen LogP contribution in [0, 0.1) is 12.7 Å². The molecule has 6 nitrogen and oxygen atoms in total. The number of amides is 1. The Morgan fingerprint density at radius 3 is 2.64 bits per heavy atom. The molecular weight excluding hydrogens is 323 g/mol. The highest BCUT2D eigenvalue weighted by molar-refractivity contribution is 5.95. The van der Waals surface area contributed by atoms with Crippen molar-refractivity contribution in [1.29, 1.82) is 0 Å². The molecule has 134 valence electrons. The van der Waals surface area contributed by atoms with Gasteiger partial charge in [-0.3, -0.25) is 14.4 Å². The van der Waals surface area contributed by atoms with Crippen molar-refractivity contribution in [3.8, 4) is 0 Å². The fourth-order valence-electron chi connectivity index (χ4n) is 3.34. The Morgan fingerprint density at radius 1 is 1.36 bits per heavy atom. The highest BCUT2D eigenvalue weighted by Crippen LogP contribution is 2.20. The quantitative estimate of drug-likeness (QED) is 0.903. The monoisotopic (exact) mass is 346 g/mol. The molecule has 0 saturated carbocycles. The number of benzene rings is 1. The standard InChI is InChI=1S/C18H23FN4O2/c1-12-15(9-22(3)20-12)18(25)23-10-16(17(24)11-23)21(2)8-13-4-6-14(19)7-5-13/h4-7,9,16-17,24H,8,10-11H2,1-3H3/t16-,17-/m1/s1. The molecule has 1 amide bonds. The molecule has 3 rings (SSSR count). The molecule has 1 N–H and O–H groups in total. The maximum Gasteiger partial charge on any atom is 0.257 e. The summed E-state index contributed by atoms with van der Waals surface area (Å²) in [6.07, 6.45) is 1.09. The summed E-state index contributed by atoms with van der Waals surface area (Å²) in [4.78, 5) is 16.4. The fourth-order valence-corrected chi connectivity index (χ4v) is 3.34. The Balaban J connectivity index is 1.67. The third-order valence-electron chi connectivity index (χ3n) is 4.70. The SMILES string of the molecule is Cc1nn(C)cc1C(=O)N1C[C@@H](O)[C@H](N(C)Cc2ccc(F)cc2)C1. The summed E-state index contributed by atoms with van der Waals surface area (Å²) in [7, 11) is 3.68. The van der Waals surface area contributed by atoms with E-state index in [1.807, 2.05) is 11.9 Å². The maximum atomic E-state index is 13.0. The van der Waals surface area contributed by atoms with Crippen LogP contribution in [0.15, 0.2) is 30.5 Å². The zero-order valence-corrected chi connectivity index (χ0v) is 14.7. The first-order valence-corrected chi connectivity index (χ1v) is 8.27. The number of carbonyl (C=O) groups is 1. The van der Waals surface area contributed by atoms with Crippen LogP contribution in [0.3, 0.4) is 0 Å². The van der Waals surface area contributed by atoms with Crippen molar-refractivity contribution >= 4 is 5.91 Å². The average Bonchev–Trinajstić information content (AvgIpc) is 3.11. The topological polar surface area (TPSA) is 61.6 Å². The molecule has 2 aromatic rings. The largest absolute Gasteiger partial charge is 0.390 e. The molecule has 1 aromatic heterocycles. The first kappa shape index (κ1) is 17.6. The lowest BCUT2D eigenvalue weighted by Crippen LogP contribution is -2.40. The number of aryl methyl sites for hydroxylation is 2. The van der Waals surface area contributed by atoms with Crippen LogP contribution in [0.25, 0.3) is 0 Å². The van der Waals surface area contributed by atoms with Gasteiger partial charge in [0.25, 0.3) is 5.91 Å². The second kappa shape index (κ2) is 6.93. The van der Waals surface area contributed by atoms with Crippen LogP contribution in [0.4, 0.5) is 4.39 Å². The minimum atomic E-state index is -0.619. The summed E-state index contributed by atoms with van der Waals surface area (Å²) >= 11 is 0. The molecule has 1 aromatic carbocycles. The molecule has 1 aliphatic heterocycles. The van der Waals surface area contributed by atoms with Gasteiger partial charge in [0.1, 0.15) is 5.82 Å². The number of rotatable bonds is 4. The lowest BCUT2D eigenvalue weighted by atomic mass is 10.1. The molecule has 1 fully saturated rings. The van der Waals surface area contributed by atoms with Gasteiger partial charge in [-0.1, -0.05) is 12.1 Å². The summed E-state index contributed by atoms with van der Waals surface area (Å²) in [6, 6.07) is 6.15. The Labute approximate surface area is 146 Å². The number of nitrogens with zero attached hydrogens (tertiary/aromatic N) is 4. The average molecular weight is 346 g/mol. The van der Waals surface area contributed by atoms with Crippen molar-refractivity contribution in [3.63, 3.8) is 0 Å². The van der Waals surface area contributed by atoms with E-state index in [0.717, 1.165) is 5.56 Å². The number of carbonyl (C=O) groups excluding carboxylic acids is 1. The summed E-state index contributed by atoms with van der Waals surface area (Å²) in [5.74, 6) is -0.377. The number of β-amino-alcohol motifs (C(OH)–C–C–N with tert-alkyl or cyclic N) is 1. The number of likely N-dealkylation sites (N-methyl/N-ethyl adjacent to an activating group) is 1. The summed E-state index contributed by atoms with van der Waals surface area (Å²) in [6.45, 7) is 3.13. The second-order valence-electron chi connectivity index (χ2n) is 6.69. The molecule has 0 spiro atoms. The van der Waals surface area contributed by atoms with Gasteiger partial charge in [0.2, 0.25) is 0 Å². The van der Waals surface area contributed by atoms with Gasteiger partial charge in [-0.25, -0.2) is 4.39 Å². The fraction of sp³-hybridized carbons (Fsp3) is 0.444. The van der Waals surface area contributed by atoms with Crippen LogP contribution in [0.2, 0.25) is 0 Å². The molecule has 1 aliphatic rings. The van der Waals surface area contributed by atoms with Gasteiger partial charge in [0.15, 0.2) is 0 Å². The van der Waals surface area contributed by atoms with Crippen LogP contribution < -0.4 is 0 Å². The van der Waals surface area contributed by atoms with E-state index >= 15 is 0 Å². The van der Waals surface area contributed by atoms with Crippen LogP contribution in [0.5, 0.6) is 0 Å². The number of likely N-dealkylation sites (tertiary alicyclic amines) is 1. The smallest absolute Gasteiger partial charge is 0.257 e. The summed E-state index contributed by atoms with van der Waals surface area (Å²) < 4.78 is 14.6. The first-order chi connectivity index (χ1) is 11.8. The molecule has 0 radical (unpaired) electrons. The first-order valence-electron chi connectivity index (χ1n) is 8.27. The minimum Gasteiger partial charge on any atom is -0.390 e. The number of aromatic nitrogens is 2. The van der Waals surface area contributed by atoms with Crippen LogP contribution >= 0.6 is 0 Å². The maximum absolute atomic E-state index is 13.0. The molecule has 1 saturated heterocycles. The summed E-state index contributed by atoms with van der Waals surface area (Å²) in [5, 5.41) is 14.6. The Bertz CT molecular complexity index is 759. The zero-order valence-electron chi connectivity index (χ0n) is 14.7. The second-order valence-corrected chi connectivity index (χ2v) is 6.69. The zero-order chi connectivity index (χ0) is 18.1. The predicted octanol–water partition coefficient (Wildman–Crippen LogP) is 1.18. The molecule has 2 heterocycles. The molecule has 7 heteroatoms. The van der Waals surface area contributed by atoms with E-state index in [4.69, 9.17) is 0 Å². The van der Waals surface area contributed by atoms with Crippen LogP contribution in [-0.2, 0) is 13.6 Å². The van der Waals surface area contributed by atoms with Crippen molar-refractivity contribution in [2.45, 2.75) is 25.6 Å². The highest BCUT2D eigenvalue weighted by atomic mass is 19.1. The van der Waals surface area contributed by atoms with E-state index in [0.29, 0.717) is 30.9 Å². The number of hydrogen-bond acceptors (Lipinski definition) is 4. The lowest BCUT2D eigenvalue weighted by molar-refractivity contribution is 0.0762. The van der Waals surface area contributed by atoms with Crippen molar-refractivity contribution in [1.82, 2.24) is 19.6 Å². The van der Waals surface area contributed by atoms with Crippen molar-refractivity contribution in [2.75, 3.05) is 20.1 Å². The molecule has 0 unspecified atom stereocenters. The summed E-state index contributed by atoms with van der Waals surface area (Å²) in [5.41, 5.74) is 2.21. The third-order valence-corrected chi connectivity index (χ3v) is 4.70. The van der Waals surface area contributed by atoms with E-state index in [1.165, 1.54) is 12.1 Å². The Hall–Kier alpha value is -2.25. The third kappa shape index (κ3) is 3.72. The van der Waals surface area contributed by atoms with E-state index in [-0.39, 0.29) is 17.8 Å². The van der Waals surface area contributed by atoms with Crippen molar-refractivity contribution in [3.05, 3.63) is 53.1 Å². The number of halogens is 1. The van der Waals surface area contributed by atoms with Gasteiger partial charge in [-0.2, -0.15) is 5.10 Å². The molecule has 0 bridgehead atoms. The molecule has 25 heavy (non-hydrogen) atoms. The normalized spacial score (nSPS) is 20.5. The molecular formula is C18H23FN4O2. The van der Waals surface area contributed by atoms with Gasteiger partial charge < -0.3 is 10.0 Å². The van der Waals surface area contributed by atoms with Crippen LogP contribution in [0.1, 0.15) is 21.6 Å². The number of aliphatic hydroxyl groups is 1. The number of hydrogen-bond donors (Lipinski definition) is 1. The predicted molar refractivity (Wildman–Crippen MR) is 91.5 cm³/mol. The van der Waals surface area contributed by atoms with E-state index < -0.39 is 6.10 Å². The Morgan fingerprint density at radius 2 is 2.04 bits per heavy atom. The van der Waals surface area contributed by atoms with Crippen molar-refractivity contribution in [2.24, 2.45) is 7.05 Å². The van der Waals surface area contributed by atoms with Gasteiger partial charge in [0.05, 0.1) is 23.4 Å². The number of aliphatic hydroxyl groups excluding tert-OH is 1. The molecule has 0 aliphatic carbocycles. The van der Waals surface area contributed by atoms with E-state index in [9.17, 15) is 14.3 Å². The van der Waals surface area contributed by atoms with E-state index in [2.05, 4.69) is 5.10 Å².